The summed E-state index contributed by atoms with van der Waals surface area (Å²) < 4.78 is 84.4. The van der Waals surface area contributed by atoms with Crippen molar-refractivity contribution in [3.63, 3.8) is 0 Å². The van der Waals surface area contributed by atoms with E-state index in [-0.39, 0.29) is 42.6 Å². The molecule has 2 aliphatic rings. The summed E-state index contributed by atoms with van der Waals surface area (Å²) in [6.45, 7) is 3.60. The van der Waals surface area contributed by atoms with Crippen molar-refractivity contribution in [2.75, 3.05) is 29.9 Å². The molecule has 44 heavy (non-hydrogen) atoms. The van der Waals surface area contributed by atoms with E-state index in [0.717, 1.165) is 37.8 Å². The Kier molecular flexibility index (Phi) is 8.66. The number of nitrogens with zero attached hydrogens (tertiary/aromatic N) is 5. The van der Waals surface area contributed by atoms with Crippen LogP contribution in [0.15, 0.2) is 29.2 Å². The summed E-state index contributed by atoms with van der Waals surface area (Å²) in [4.78, 5) is 29.3. The number of nitrogens with one attached hydrogen (secondary N) is 2. The van der Waals surface area contributed by atoms with E-state index in [4.69, 9.17) is 0 Å². The molecule has 2 aromatic heterocycles. The highest BCUT2D eigenvalue weighted by Crippen LogP contribution is 2.53. The van der Waals surface area contributed by atoms with Gasteiger partial charge < -0.3 is 10.2 Å². The molecule has 2 heterocycles. The number of fused-ring (bicyclic) bond motifs is 1. The van der Waals surface area contributed by atoms with Crippen molar-refractivity contribution in [2.24, 2.45) is 5.41 Å². The van der Waals surface area contributed by atoms with Crippen LogP contribution in [0.3, 0.4) is 0 Å². The summed E-state index contributed by atoms with van der Waals surface area (Å²) >= 11 is 0. The molecule has 2 saturated carbocycles. The molecule has 1 aromatic carbocycles. The molecule has 0 amide bonds. The lowest BCUT2D eigenvalue weighted by Gasteiger charge is -2.42. The average molecular weight is 640 g/mol. The van der Waals surface area contributed by atoms with Crippen LogP contribution in [0.2, 0.25) is 0 Å². The highest BCUT2D eigenvalue weighted by Gasteiger charge is 2.60. The van der Waals surface area contributed by atoms with E-state index in [0.29, 0.717) is 23.2 Å². The van der Waals surface area contributed by atoms with E-state index in [2.05, 4.69) is 39.3 Å². The smallest absolute Gasteiger partial charge is 0.351 e. The molecule has 10 nitrogen and oxygen atoms in total. The molecule has 5 rings (SSSR count). The van der Waals surface area contributed by atoms with Crippen LogP contribution < -0.4 is 15.6 Å². The van der Waals surface area contributed by atoms with Gasteiger partial charge in [-0.2, -0.15) is 18.2 Å². The molecule has 2 aliphatic carbocycles. The molecule has 0 radical (unpaired) electrons. The SMILES string of the molecule is CC(C)n1c(=O)c(-c2ccc(NS(=O)(=O)CC3(C(F)(F)F)CCC3)c(F)c2)nc2cnc(N[C@H]3CC[C@H](N(C)C)CC3)nc21. The number of hydrogen-bond donors (Lipinski definition) is 2. The third-order valence-corrected chi connectivity index (χ3v) is 10.3. The maximum Gasteiger partial charge on any atom is 0.395 e. The van der Waals surface area contributed by atoms with Gasteiger partial charge in [-0.25, -0.2) is 22.8 Å². The highest BCUT2D eigenvalue weighted by molar-refractivity contribution is 7.92. The van der Waals surface area contributed by atoms with Crippen molar-refractivity contribution in [1.82, 2.24) is 24.4 Å². The van der Waals surface area contributed by atoms with Crippen LogP contribution in [-0.2, 0) is 10.0 Å². The molecular formula is C29H37F4N7O3S. The number of alkyl halides is 3. The van der Waals surface area contributed by atoms with Gasteiger partial charge >= 0.3 is 6.18 Å². The van der Waals surface area contributed by atoms with Crippen LogP contribution in [-0.4, -0.2) is 70.9 Å². The van der Waals surface area contributed by atoms with Gasteiger partial charge in [0.15, 0.2) is 5.65 Å². The zero-order chi connectivity index (χ0) is 32.0. The monoisotopic (exact) mass is 639 g/mol. The summed E-state index contributed by atoms with van der Waals surface area (Å²) in [7, 11) is -0.374. The lowest BCUT2D eigenvalue weighted by atomic mass is 9.70. The molecule has 2 fully saturated rings. The molecule has 0 unspecified atom stereocenters. The van der Waals surface area contributed by atoms with Crippen molar-refractivity contribution < 1.29 is 26.0 Å². The number of halogens is 4. The number of benzene rings is 1. The number of anilines is 2. The topological polar surface area (TPSA) is 122 Å². The van der Waals surface area contributed by atoms with Gasteiger partial charge in [-0.05, 0) is 78.6 Å². The summed E-state index contributed by atoms with van der Waals surface area (Å²) in [5, 5.41) is 3.37. The minimum Gasteiger partial charge on any atom is -0.351 e. The first-order chi connectivity index (χ1) is 20.6. The van der Waals surface area contributed by atoms with Gasteiger partial charge in [0, 0.05) is 23.7 Å². The number of sulfonamides is 1. The van der Waals surface area contributed by atoms with E-state index in [1.807, 2.05) is 4.72 Å². The highest BCUT2D eigenvalue weighted by atomic mass is 32.2. The van der Waals surface area contributed by atoms with Crippen LogP contribution in [0.4, 0.5) is 29.2 Å². The third kappa shape index (κ3) is 6.39. The minimum atomic E-state index is -4.69. The van der Waals surface area contributed by atoms with Crippen LogP contribution in [0.25, 0.3) is 22.4 Å². The van der Waals surface area contributed by atoms with E-state index in [1.165, 1.54) is 16.8 Å². The van der Waals surface area contributed by atoms with Gasteiger partial charge in [-0.15, -0.1) is 0 Å². The first-order valence-electron chi connectivity index (χ1n) is 14.7. The Balaban J connectivity index is 1.40. The molecule has 0 spiro atoms. The first kappa shape index (κ1) is 32.1. The second kappa shape index (κ2) is 11.9. The maximum atomic E-state index is 15.2. The Morgan fingerprint density at radius 3 is 2.34 bits per heavy atom. The van der Waals surface area contributed by atoms with Gasteiger partial charge in [-0.1, -0.05) is 12.5 Å². The zero-order valence-corrected chi connectivity index (χ0v) is 25.9. The second-order valence-electron chi connectivity index (χ2n) is 12.4. The maximum absolute atomic E-state index is 15.2. The third-order valence-electron chi connectivity index (χ3n) is 8.79. The number of rotatable bonds is 9. The summed E-state index contributed by atoms with van der Waals surface area (Å²) in [6, 6.07) is 3.69. The van der Waals surface area contributed by atoms with E-state index in [1.54, 1.807) is 13.8 Å². The molecule has 2 N–H and O–H groups in total. The Bertz CT molecular complexity index is 1700. The normalized spacial score (nSPS) is 20.6. The minimum absolute atomic E-state index is 0.0670. The molecule has 0 bridgehead atoms. The average Bonchev–Trinajstić information content (AvgIpc) is 2.91. The van der Waals surface area contributed by atoms with E-state index in [9.17, 15) is 26.4 Å². The fraction of sp³-hybridized carbons (Fsp3) is 0.586. The van der Waals surface area contributed by atoms with Crippen LogP contribution in [0, 0.1) is 11.2 Å². The Morgan fingerprint density at radius 2 is 1.80 bits per heavy atom. The summed E-state index contributed by atoms with van der Waals surface area (Å²) in [6.07, 6.45) is 0.488. The van der Waals surface area contributed by atoms with Gasteiger partial charge in [-0.3, -0.25) is 14.1 Å². The van der Waals surface area contributed by atoms with Crippen molar-refractivity contribution in [2.45, 2.75) is 83.1 Å². The van der Waals surface area contributed by atoms with Crippen molar-refractivity contribution >= 4 is 32.8 Å². The lowest BCUT2D eigenvalue weighted by Crippen LogP contribution is -2.49. The number of hydrogen-bond acceptors (Lipinski definition) is 8. The van der Waals surface area contributed by atoms with Gasteiger partial charge in [0.1, 0.15) is 17.0 Å². The summed E-state index contributed by atoms with van der Waals surface area (Å²) in [5.41, 5.74) is -2.81. The summed E-state index contributed by atoms with van der Waals surface area (Å²) in [5.74, 6) is -1.87. The molecular weight excluding hydrogens is 602 g/mol. The predicted molar refractivity (Wildman–Crippen MR) is 160 cm³/mol. The predicted octanol–water partition coefficient (Wildman–Crippen LogP) is 5.33. The van der Waals surface area contributed by atoms with Crippen LogP contribution in [0.5, 0.6) is 0 Å². The second-order valence-corrected chi connectivity index (χ2v) is 14.2. The van der Waals surface area contributed by atoms with Crippen molar-refractivity contribution in [1.29, 1.82) is 0 Å². The van der Waals surface area contributed by atoms with Crippen molar-refractivity contribution in [3.8, 4) is 11.3 Å². The Labute approximate surface area is 253 Å². The molecule has 0 atom stereocenters. The Morgan fingerprint density at radius 1 is 1.11 bits per heavy atom. The molecule has 0 aliphatic heterocycles. The van der Waals surface area contributed by atoms with Gasteiger partial charge in [0.2, 0.25) is 16.0 Å². The van der Waals surface area contributed by atoms with Gasteiger partial charge in [0.25, 0.3) is 5.56 Å². The molecule has 0 saturated heterocycles. The standard InChI is InChI=1S/C29H37F4N7O3S/c1-17(2)40-25-23(15-34-27(37-25)35-19-7-9-20(10-8-19)39(3)4)36-24(26(40)41)18-6-11-22(21(30)14-18)38-44(42,43)16-28(12-5-13-28)29(31,32)33/h6,11,14-15,17,19-20,38H,5,7-10,12-13,16H2,1-4H3,(H,34,35,37)/t19-,20-. The van der Waals surface area contributed by atoms with Gasteiger partial charge in [0.05, 0.1) is 23.1 Å². The first-order valence-corrected chi connectivity index (χ1v) is 16.3. The van der Waals surface area contributed by atoms with Crippen molar-refractivity contribution in [3.05, 3.63) is 40.6 Å². The quantitative estimate of drug-likeness (QED) is 0.302. The lowest BCUT2D eigenvalue weighted by molar-refractivity contribution is -0.241. The van der Waals surface area contributed by atoms with Crippen LogP contribution in [0.1, 0.15) is 64.8 Å². The van der Waals surface area contributed by atoms with E-state index < -0.39 is 44.4 Å². The van der Waals surface area contributed by atoms with Crippen LogP contribution >= 0.6 is 0 Å². The Hall–Kier alpha value is -3.33. The fourth-order valence-corrected chi connectivity index (χ4v) is 7.84. The fourth-order valence-electron chi connectivity index (χ4n) is 6.08. The molecule has 15 heteroatoms. The van der Waals surface area contributed by atoms with E-state index >= 15 is 4.39 Å². The zero-order valence-electron chi connectivity index (χ0n) is 25.1. The molecule has 240 valence electrons. The number of aromatic nitrogens is 4. The largest absolute Gasteiger partial charge is 0.395 e. The molecule has 3 aromatic rings.